The van der Waals surface area contributed by atoms with Gasteiger partial charge in [0.15, 0.2) is 0 Å². The van der Waals surface area contributed by atoms with Crippen molar-refractivity contribution in [3.8, 4) is 21.8 Å². The van der Waals surface area contributed by atoms with Gasteiger partial charge in [0.05, 0.1) is 11.9 Å². The fourth-order valence-electron chi connectivity index (χ4n) is 3.09. The first-order valence-corrected chi connectivity index (χ1v) is 8.57. The number of aromatic nitrogens is 5. The molecular weight excluding hydrogens is 337 g/mol. The number of halogens is 1. The van der Waals surface area contributed by atoms with Gasteiger partial charge in [-0.3, -0.25) is 0 Å². The van der Waals surface area contributed by atoms with E-state index >= 15 is 0 Å². The molecule has 0 aliphatic heterocycles. The van der Waals surface area contributed by atoms with Crippen LogP contribution in [0.5, 0.6) is 0 Å². The largest absolute Gasteiger partial charge is 0.345 e. The Labute approximate surface area is 145 Å². The Morgan fingerprint density at radius 1 is 1.20 bits per heavy atom. The number of rotatable bonds is 2. The molecule has 122 valence electrons. The molecule has 5 heterocycles. The van der Waals surface area contributed by atoms with Crippen molar-refractivity contribution < 1.29 is 4.39 Å². The highest BCUT2D eigenvalue weighted by Gasteiger charge is 2.15. The molecule has 7 heteroatoms. The lowest BCUT2D eigenvalue weighted by atomic mass is 10.2. The first-order valence-electron chi connectivity index (χ1n) is 7.69. The number of hydrogen-bond acceptors (Lipinski definition) is 4. The second kappa shape index (κ2) is 5.22. The van der Waals surface area contributed by atoms with Gasteiger partial charge in [0, 0.05) is 52.9 Å². The third kappa shape index (κ3) is 2.16. The van der Waals surface area contributed by atoms with Crippen molar-refractivity contribution in [2.45, 2.75) is 0 Å². The maximum Gasteiger partial charge on any atom is 0.142 e. The van der Waals surface area contributed by atoms with Gasteiger partial charge in [-0.05, 0) is 18.2 Å². The zero-order valence-corrected chi connectivity index (χ0v) is 14.0. The lowest BCUT2D eigenvalue weighted by Crippen LogP contribution is -1.85. The molecule has 0 aliphatic carbocycles. The molecule has 0 aromatic carbocycles. The Bertz CT molecular complexity index is 1230. The summed E-state index contributed by atoms with van der Waals surface area (Å²) < 4.78 is 15.6. The van der Waals surface area contributed by atoms with E-state index in [9.17, 15) is 4.39 Å². The van der Waals surface area contributed by atoms with Crippen LogP contribution in [0.25, 0.3) is 43.9 Å². The van der Waals surface area contributed by atoms with Crippen LogP contribution in [0, 0.1) is 5.82 Å². The van der Waals surface area contributed by atoms with Crippen molar-refractivity contribution in [2.75, 3.05) is 0 Å². The second-order valence-electron chi connectivity index (χ2n) is 5.82. The topological polar surface area (TPSA) is 59.4 Å². The van der Waals surface area contributed by atoms with Crippen molar-refractivity contribution in [3.05, 3.63) is 54.2 Å². The summed E-state index contributed by atoms with van der Waals surface area (Å²) in [7, 11) is 1.97. The van der Waals surface area contributed by atoms with Crippen molar-refractivity contribution in [1.82, 2.24) is 24.5 Å². The van der Waals surface area contributed by atoms with E-state index in [1.807, 2.05) is 41.5 Å². The minimum Gasteiger partial charge on any atom is -0.345 e. The molecule has 0 amide bonds. The van der Waals surface area contributed by atoms with Crippen LogP contribution in [-0.4, -0.2) is 24.5 Å². The highest BCUT2D eigenvalue weighted by molar-refractivity contribution is 7.13. The quantitative estimate of drug-likeness (QED) is 0.514. The minimum absolute atomic E-state index is 0.357. The van der Waals surface area contributed by atoms with E-state index in [1.54, 1.807) is 17.5 Å². The fourth-order valence-corrected chi connectivity index (χ4v) is 3.94. The number of hydrogen-bond donors (Lipinski definition) is 1. The number of nitrogens with zero attached hydrogens (tertiary/aromatic N) is 4. The summed E-state index contributed by atoms with van der Waals surface area (Å²) in [6.07, 6.45) is 6.85. The number of aromatic amines is 1. The van der Waals surface area contributed by atoms with E-state index in [-0.39, 0.29) is 5.82 Å². The van der Waals surface area contributed by atoms with Crippen molar-refractivity contribution in [2.24, 2.45) is 7.05 Å². The molecule has 1 N–H and O–H groups in total. The summed E-state index contributed by atoms with van der Waals surface area (Å²) in [5.74, 6) is -0.357. The number of aryl methyl sites for hydroxylation is 1. The molecule has 0 atom stereocenters. The van der Waals surface area contributed by atoms with Crippen LogP contribution in [0.2, 0.25) is 0 Å². The van der Waals surface area contributed by atoms with E-state index in [2.05, 4.69) is 15.0 Å². The predicted octanol–water partition coefficient (Wildman–Crippen LogP) is 4.38. The van der Waals surface area contributed by atoms with E-state index in [0.29, 0.717) is 5.65 Å². The highest BCUT2D eigenvalue weighted by atomic mass is 32.1. The van der Waals surface area contributed by atoms with Crippen molar-refractivity contribution >= 4 is 33.4 Å². The van der Waals surface area contributed by atoms with Crippen LogP contribution >= 0.6 is 11.3 Å². The van der Waals surface area contributed by atoms with E-state index in [0.717, 1.165) is 38.2 Å². The predicted molar refractivity (Wildman–Crippen MR) is 96.9 cm³/mol. The van der Waals surface area contributed by atoms with Gasteiger partial charge in [-0.25, -0.2) is 19.3 Å². The molecule has 5 aromatic heterocycles. The lowest BCUT2D eigenvalue weighted by molar-refractivity contribution is 0.624. The van der Waals surface area contributed by atoms with Crippen LogP contribution in [-0.2, 0) is 7.05 Å². The van der Waals surface area contributed by atoms with Crippen molar-refractivity contribution in [1.29, 1.82) is 0 Å². The summed E-state index contributed by atoms with van der Waals surface area (Å²) in [5, 5.41) is 4.69. The fraction of sp³-hybridized carbons (Fsp3) is 0.0556. The summed E-state index contributed by atoms with van der Waals surface area (Å²) >= 11 is 1.56. The van der Waals surface area contributed by atoms with E-state index in [1.165, 1.54) is 12.3 Å². The zero-order chi connectivity index (χ0) is 17.0. The molecule has 25 heavy (non-hydrogen) atoms. The Morgan fingerprint density at radius 3 is 3.04 bits per heavy atom. The Balaban J connectivity index is 1.67. The van der Waals surface area contributed by atoms with Gasteiger partial charge < -0.3 is 9.55 Å². The molecular formula is C18H12FN5S. The second-order valence-corrected chi connectivity index (χ2v) is 6.68. The molecule has 0 saturated heterocycles. The molecule has 0 saturated carbocycles. The summed E-state index contributed by atoms with van der Waals surface area (Å²) in [4.78, 5) is 16.3. The van der Waals surface area contributed by atoms with Crippen LogP contribution in [0.4, 0.5) is 4.39 Å². The molecule has 0 bridgehead atoms. The van der Waals surface area contributed by atoms with Gasteiger partial charge >= 0.3 is 0 Å². The summed E-state index contributed by atoms with van der Waals surface area (Å²) in [5.41, 5.74) is 4.28. The lowest BCUT2D eigenvalue weighted by Gasteiger charge is -1.95. The van der Waals surface area contributed by atoms with Gasteiger partial charge in [-0.15, -0.1) is 11.3 Å². The van der Waals surface area contributed by atoms with Gasteiger partial charge in [0.25, 0.3) is 0 Å². The van der Waals surface area contributed by atoms with Crippen LogP contribution in [0.15, 0.2) is 48.4 Å². The van der Waals surface area contributed by atoms with Crippen LogP contribution in [0.1, 0.15) is 0 Å². The molecule has 0 radical (unpaired) electrons. The number of thiazole rings is 1. The maximum absolute atomic E-state index is 13.6. The van der Waals surface area contributed by atoms with Gasteiger partial charge in [-0.2, -0.15) is 0 Å². The average molecular weight is 349 g/mol. The smallest absolute Gasteiger partial charge is 0.142 e. The molecule has 0 spiro atoms. The molecule has 0 aliphatic rings. The van der Waals surface area contributed by atoms with Crippen LogP contribution < -0.4 is 0 Å². The third-order valence-electron chi connectivity index (χ3n) is 4.24. The van der Waals surface area contributed by atoms with Crippen LogP contribution in [0.3, 0.4) is 0 Å². The zero-order valence-electron chi connectivity index (χ0n) is 13.2. The Hall–Kier alpha value is -3.06. The average Bonchev–Trinajstić information content (AvgIpc) is 3.32. The maximum atomic E-state index is 13.6. The van der Waals surface area contributed by atoms with E-state index < -0.39 is 0 Å². The van der Waals surface area contributed by atoms with Gasteiger partial charge in [0.1, 0.15) is 22.1 Å². The molecule has 5 rings (SSSR count). The Kier molecular flexibility index (Phi) is 2.98. The van der Waals surface area contributed by atoms with Crippen molar-refractivity contribution in [3.63, 3.8) is 0 Å². The van der Waals surface area contributed by atoms with E-state index in [4.69, 9.17) is 4.98 Å². The Morgan fingerprint density at radius 2 is 2.12 bits per heavy atom. The molecule has 5 aromatic rings. The summed E-state index contributed by atoms with van der Waals surface area (Å²) in [6, 6.07) is 5.45. The number of pyridine rings is 2. The van der Waals surface area contributed by atoms with Gasteiger partial charge in [0.2, 0.25) is 0 Å². The van der Waals surface area contributed by atoms with Gasteiger partial charge in [-0.1, -0.05) is 0 Å². The first kappa shape index (κ1) is 14.3. The molecule has 0 fully saturated rings. The molecule has 5 nitrogen and oxygen atoms in total. The normalized spacial score (nSPS) is 11.6. The monoisotopic (exact) mass is 349 g/mol. The standard InChI is InChI=1S/C18H12FN5S/c1-24-8-14(11-3-2-4-20-17(11)24)18-23-15(9-25-18)13-7-22-16-12(13)5-10(19)6-21-16/h2-9H,1H3,(H,21,22). The number of nitrogens with one attached hydrogen (secondary N) is 1. The minimum atomic E-state index is -0.357. The SMILES string of the molecule is Cn1cc(-c2nc(-c3c[nH]c4ncc(F)cc34)cs2)c2cccnc21. The highest BCUT2D eigenvalue weighted by Crippen LogP contribution is 2.35. The molecule has 0 unspecified atom stereocenters. The first-order chi connectivity index (χ1) is 12.2. The number of H-pyrrole nitrogens is 1. The number of fused-ring (bicyclic) bond motifs is 2. The third-order valence-corrected chi connectivity index (χ3v) is 5.12. The summed E-state index contributed by atoms with van der Waals surface area (Å²) in [6.45, 7) is 0.